The van der Waals surface area contributed by atoms with Gasteiger partial charge in [0, 0.05) is 12.3 Å². The van der Waals surface area contributed by atoms with Gasteiger partial charge in [0.15, 0.2) is 9.84 Å². The van der Waals surface area contributed by atoms with E-state index in [4.69, 9.17) is 0 Å². The lowest BCUT2D eigenvalue weighted by Gasteiger charge is -2.23. The zero-order valence-electron chi connectivity index (χ0n) is 10.4. The number of hydrogen-bond donors (Lipinski definition) is 1. The van der Waals surface area contributed by atoms with Gasteiger partial charge in [-0.3, -0.25) is 0 Å². The molecule has 5 heteroatoms. The van der Waals surface area contributed by atoms with Crippen molar-refractivity contribution < 1.29 is 12.8 Å². The highest BCUT2D eigenvalue weighted by Crippen LogP contribution is 2.18. The Labute approximate surface area is 107 Å². The number of halogens is 1. The molecule has 0 saturated carbocycles. The van der Waals surface area contributed by atoms with Gasteiger partial charge in [-0.15, -0.1) is 0 Å². The van der Waals surface area contributed by atoms with E-state index in [0.29, 0.717) is 6.04 Å². The molecule has 1 aromatic carbocycles. The Morgan fingerprint density at radius 2 is 2.17 bits per heavy atom. The van der Waals surface area contributed by atoms with Crippen LogP contribution in [0.4, 0.5) is 4.39 Å². The predicted octanol–water partition coefficient (Wildman–Crippen LogP) is 1.91. The van der Waals surface area contributed by atoms with E-state index in [9.17, 15) is 12.8 Å². The van der Waals surface area contributed by atoms with Crippen molar-refractivity contribution in [2.45, 2.75) is 36.6 Å². The molecule has 18 heavy (non-hydrogen) atoms. The number of benzene rings is 1. The molecule has 1 heterocycles. The Morgan fingerprint density at radius 3 is 2.72 bits per heavy atom. The summed E-state index contributed by atoms with van der Waals surface area (Å²) in [6.07, 6.45) is 5.25. The van der Waals surface area contributed by atoms with Crippen molar-refractivity contribution in [1.82, 2.24) is 5.32 Å². The molecule has 100 valence electrons. The molecule has 1 unspecified atom stereocenters. The third-order valence-electron chi connectivity index (χ3n) is 3.29. The van der Waals surface area contributed by atoms with Gasteiger partial charge >= 0.3 is 0 Å². The first-order valence-corrected chi connectivity index (χ1v) is 8.08. The van der Waals surface area contributed by atoms with E-state index in [0.717, 1.165) is 31.2 Å². The van der Waals surface area contributed by atoms with Crippen molar-refractivity contribution in [3.8, 4) is 0 Å². The second-order valence-electron chi connectivity index (χ2n) is 4.89. The third kappa shape index (κ3) is 3.29. The third-order valence-corrected chi connectivity index (χ3v) is 4.42. The van der Waals surface area contributed by atoms with Crippen LogP contribution in [0.15, 0.2) is 23.1 Å². The van der Waals surface area contributed by atoms with Gasteiger partial charge < -0.3 is 5.32 Å². The Bertz CT molecular complexity index is 522. The first-order valence-electron chi connectivity index (χ1n) is 6.19. The van der Waals surface area contributed by atoms with E-state index < -0.39 is 15.7 Å². The Kier molecular flexibility index (Phi) is 4.02. The van der Waals surface area contributed by atoms with Crippen molar-refractivity contribution in [3.63, 3.8) is 0 Å². The summed E-state index contributed by atoms with van der Waals surface area (Å²) in [4.78, 5) is -0.220. The molecule has 0 aliphatic carbocycles. The molecular formula is C13H18FNO2S. The molecule has 1 atom stereocenters. The molecule has 1 aliphatic rings. The number of rotatable bonds is 3. The minimum Gasteiger partial charge on any atom is -0.314 e. The fourth-order valence-corrected chi connectivity index (χ4v) is 3.08. The molecule has 1 aliphatic heterocycles. The van der Waals surface area contributed by atoms with Gasteiger partial charge in [0.1, 0.15) is 10.7 Å². The van der Waals surface area contributed by atoms with E-state index in [1.165, 1.54) is 25.0 Å². The summed E-state index contributed by atoms with van der Waals surface area (Å²) in [5.74, 6) is -0.647. The summed E-state index contributed by atoms with van der Waals surface area (Å²) < 4.78 is 36.3. The van der Waals surface area contributed by atoms with E-state index in [2.05, 4.69) is 5.32 Å². The summed E-state index contributed by atoms with van der Waals surface area (Å²) in [6.45, 7) is 1.01. The van der Waals surface area contributed by atoms with Gasteiger partial charge in [-0.1, -0.05) is 12.5 Å². The minimum atomic E-state index is -3.47. The average Bonchev–Trinajstić information content (AvgIpc) is 2.28. The molecule has 1 saturated heterocycles. The lowest BCUT2D eigenvalue weighted by molar-refractivity contribution is 0.399. The van der Waals surface area contributed by atoms with E-state index in [1.54, 1.807) is 6.07 Å². The number of hydrogen-bond acceptors (Lipinski definition) is 3. The van der Waals surface area contributed by atoms with Crippen LogP contribution in [0.1, 0.15) is 24.8 Å². The fraction of sp³-hybridized carbons (Fsp3) is 0.538. The molecule has 0 aromatic heterocycles. The molecule has 0 radical (unpaired) electrons. The highest BCUT2D eigenvalue weighted by molar-refractivity contribution is 7.90. The van der Waals surface area contributed by atoms with Gasteiger partial charge in [0.25, 0.3) is 0 Å². The molecule has 2 rings (SSSR count). The standard InChI is InChI=1S/C13H18FNO2S/c1-18(16,17)13-6-5-10(9-12(13)14)8-11-4-2-3-7-15-11/h5-6,9,11,15H,2-4,7-8H2,1H3. The van der Waals surface area contributed by atoms with Crippen LogP contribution in [0, 0.1) is 5.82 Å². The highest BCUT2D eigenvalue weighted by Gasteiger charge is 2.16. The Balaban J connectivity index is 2.13. The summed E-state index contributed by atoms with van der Waals surface area (Å²) in [5.41, 5.74) is 0.847. The average molecular weight is 271 g/mol. The zero-order chi connectivity index (χ0) is 13.2. The van der Waals surface area contributed by atoms with Gasteiger partial charge in [-0.05, 0) is 43.5 Å². The predicted molar refractivity (Wildman–Crippen MR) is 68.9 cm³/mol. The molecule has 0 amide bonds. The van der Waals surface area contributed by atoms with Gasteiger partial charge in [-0.25, -0.2) is 12.8 Å². The van der Waals surface area contributed by atoms with Gasteiger partial charge in [0.2, 0.25) is 0 Å². The van der Waals surface area contributed by atoms with Crippen molar-refractivity contribution in [3.05, 3.63) is 29.6 Å². The van der Waals surface area contributed by atoms with Crippen molar-refractivity contribution in [1.29, 1.82) is 0 Å². The molecule has 3 nitrogen and oxygen atoms in total. The zero-order valence-corrected chi connectivity index (χ0v) is 11.3. The molecular weight excluding hydrogens is 253 g/mol. The van der Waals surface area contributed by atoms with Gasteiger partial charge in [-0.2, -0.15) is 0 Å². The van der Waals surface area contributed by atoms with Crippen LogP contribution in [0.3, 0.4) is 0 Å². The van der Waals surface area contributed by atoms with Crippen LogP contribution in [0.2, 0.25) is 0 Å². The quantitative estimate of drug-likeness (QED) is 0.913. The van der Waals surface area contributed by atoms with Crippen LogP contribution < -0.4 is 5.32 Å². The first kappa shape index (κ1) is 13.5. The minimum absolute atomic E-state index is 0.220. The van der Waals surface area contributed by atoms with Crippen LogP contribution >= 0.6 is 0 Å². The van der Waals surface area contributed by atoms with Crippen LogP contribution in [-0.4, -0.2) is 27.3 Å². The largest absolute Gasteiger partial charge is 0.314 e. The smallest absolute Gasteiger partial charge is 0.178 e. The maximum Gasteiger partial charge on any atom is 0.178 e. The van der Waals surface area contributed by atoms with E-state index in [1.807, 2.05) is 0 Å². The maximum atomic E-state index is 13.7. The Morgan fingerprint density at radius 1 is 1.39 bits per heavy atom. The second kappa shape index (κ2) is 5.36. The SMILES string of the molecule is CS(=O)(=O)c1ccc(CC2CCCCN2)cc1F. The van der Waals surface area contributed by atoms with E-state index >= 15 is 0 Å². The van der Waals surface area contributed by atoms with Crippen molar-refractivity contribution >= 4 is 9.84 Å². The molecule has 0 spiro atoms. The molecule has 1 fully saturated rings. The lowest BCUT2D eigenvalue weighted by Crippen LogP contribution is -2.35. The number of nitrogens with one attached hydrogen (secondary N) is 1. The monoisotopic (exact) mass is 271 g/mol. The summed E-state index contributed by atoms with van der Waals surface area (Å²) in [7, 11) is -3.47. The topological polar surface area (TPSA) is 46.2 Å². The van der Waals surface area contributed by atoms with Crippen LogP contribution in [0.5, 0.6) is 0 Å². The lowest BCUT2D eigenvalue weighted by atomic mass is 9.98. The Hall–Kier alpha value is -0.940. The first-order chi connectivity index (χ1) is 8.47. The van der Waals surface area contributed by atoms with Crippen LogP contribution in [0.25, 0.3) is 0 Å². The number of piperidine rings is 1. The normalized spacial score (nSPS) is 20.9. The highest BCUT2D eigenvalue weighted by atomic mass is 32.2. The van der Waals surface area contributed by atoms with Crippen molar-refractivity contribution in [2.24, 2.45) is 0 Å². The van der Waals surface area contributed by atoms with Gasteiger partial charge in [0.05, 0.1) is 0 Å². The fourth-order valence-electron chi connectivity index (χ4n) is 2.35. The number of sulfone groups is 1. The summed E-state index contributed by atoms with van der Waals surface area (Å²) in [5, 5.41) is 3.39. The molecule has 1 aromatic rings. The summed E-state index contributed by atoms with van der Waals surface area (Å²) >= 11 is 0. The molecule has 1 N–H and O–H groups in total. The molecule has 0 bridgehead atoms. The second-order valence-corrected chi connectivity index (χ2v) is 6.87. The van der Waals surface area contributed by atoms with E-state index in [-0.39, 0.29) is 4.90 Å². The van der Waals surface area contributed by atoms with Crippen LogP contribution in [-0.2, 0) is 16.3 Å². The summed E-state index contributed by atoms with van der Waals surface area (Å²) in [6, 6.07) is 4.79. The maximum absolute atomic E-state index is 13.7. The van der Waals surface area contributed by atoms with Crippen molar-refractivity contribution in [2.75, 3.05) is 12.8 Å².